The number of ether oxygens (including phenoxy) is 2. The Morgan fingerprint density at radius 3 is 2.68 bits per heavy atom. The zero-order valence-corrected chi connectivity index (χ0v) is 18.6. The molecule has 2 fully saturated rings. The van der Waals surface area contributed by atoms with Gasteiger partial charge in [0.05, 0.1) is 24.8 Å². The maximum Gasteiger partial charge on any atom is 0.222 e. The summed E-state index contributed by atoms with van der Waals surface area (Å²) in [5.74, 6) is 1.19. The third-order valence-electron chi connectivity index (χ3n) is 6.86. The molecular weight excluding hydrogens is 390 g/mol. The molecule has 5 rings (SSSR count). The number of hydrogen-bond donors (Lipinski definition) is 0. The lowest BCUT2D eigenvalue weighted by molar-refractivity contribution is -0.133. The molecule has 0 spiro atoms. The molecule has 1 aromatic carbocycles. The zero-order valence-electron chi connectivity index (χ0n) is 18.6. The highest BCUT2D eigenvalue weighted by molar-refractivity contribution is 5.84. The number of rotatable bonds is 6. The molecule has 2 aliphatic heterocycles. The normalized spacial score (nSPS) is 20.9. The van der Waals surface area contributed by atoms with Crippen LogP contribution >= 0.6 is 0 Å². The maximum absolute atomic E-state index is 12.8. The Kier molecular flexibility index (Phi) is 6.10. The monoisotopic (exact) mass is 423 g/mol. The standard InChI is InChI=1S/C25H33N3O3/c1-2-24(29)28(17-22-7-4-10-31-22)16-21-14-20-13-18-5-3-6-19(18)15-23(20)26-25(21)27-8-11-30-12-9-27/h13-15,22H,2-12,16-17H2,1H3/t22-/m1/s1. The van der Waals surface area contributed by atoms with Gasteiger partial charge in [0, 0.05) is 50.2 Å². The Morgan fingerprint density at radius 1 is 1.13 bits per heavy atom. The molecule has 3 aliphatic rings. The largest absolute Gasteiger partial charge is 0.378 e. The van der Waals surface area contributed by atoms with Crippen LogP contribution in [0.4, 0.5) is 5.82 Å². The fourth-order valence-electron chi connectivity index (χ4n) is 5.16. The Hall–Kier alpha value is -2.18. The van der Waals surface area contributed by atoms with Crippen LogP contribution in [0.25, 0.3) is 10.9 Å². The lowest BCUT2D eigenvalue weighted by Crippen LogP contribution is -2.39. The van der Waals surface area contributed by atoms with Crippen molar-refractivity contribution in [1.82, 2.24) is 9.88 Å². The van der Waals surface area contributed by atoms with E-state index in [0.29, 0.717) is 19.5 Å². The molecule has 0 N–H and O–H groups in total. The quantitative estimate of drug-likeness (QED) is 0.712. The molecule has 2 saturated heterocycles. The number of carbonyl (C=O) groups is 1. The van der Waals surface area contributed by atoms with Crippen molar-refractivity contribution in [2.45, 2.75) is 58.1 Å². The highest BCUT2D eigenvalue weighted by Crippen LogP contribution is 2.31. The van der Waals surface area contributed by atoms with Crippen molar-refractivity contribution in [3.05, 3.63) is 34.9 Å². The summed E-state index contributed by atoms with van der Waals surface area (Å²) in [6.07, 6.45) is 6.32. The van der Waals surface area contributed by atoms with Crippen LogP contribution in [0.5, 0.6) is 0 Å². The molecule has 3 heterocycles. The number of hydrogen-bond acceptors (Lipinski definition) is 5. The van der Waals surface area contributed by atoms with E-state index in [0.717, 1.165) is 75.5 Å². The van der Waals surface area contributed by atoms with Gasteiger partial charge in [-0.2, -0.15) is 0 Å². The molecule has 1 amide bonds. The van der Waals surface area contributed by atoms with Gasteiger partial charge in [-0.25, -0.2) is 4.98 Å². The number of pyridine rings is 1. The first-order chi connectivity index (χ1) is 15.2. The molecular formula is C25H33N3O3. The highest BCUT2D eigenvalue weighted by Gasteiger charge is 2.25. The van der Waals surface area contributed by atoms with Gasteiger partial charge in [-0.1, -0.05) is 6.92 Å². The van der Waals surface area contributed by atoms with E-state index in [1.54, 1.807) is 0 Å². The Labute approximate surface area is 184 Å². The van der Waals surface area contributed by atoms with Gasteiger partial charge in [0.1, 0.15) is 5.82 Å². The number of fused-ring (bicyclic) bond motifs is 2. The summed E-state index contributed by atoms with van der Waals surface area (Å²) in [6.45, 7) is 7.11. The summed E-state index contributed by atoms with van der Waals surface area (Å²) < 4.78 is 11.4. The van der Waals surface area contributed by atoms with Crippen LogP contribution in [0.1, 0.15) is 49.3 Å². The van der Waals surface area contributed by atoms with Gasteiger partial charge in [-0.05, 0) is 61.4 Å². The molecule has 1 atom stereocenters. The van der Waals surface area contributed by atoms with Crippen LogP contribution in [0.15, 0.2) is 18.2 Å². The van der Waals surface area contributed by atoms with E-state index in [1.165, 1.54) is 22.9 Å². The average Bonchev–Trinajstić information content (AvgIpc) is 3.48. The van der Waals surface area contributed by atoms with Crippen molar-refractivity contribution in [1.29, 1.82) is 0 Å². The van der Waals surface area contributed by atoms with Gasteiger partial charge in [-0.3, -0.25) is 4.79 Å². The Bertz CT molecular complexity index is 949. The molecule has 166 valence electrons. The first-order valence-corrected chi connectivity index (χ1v) is 11.9. The SMILES string of the molecule is CCC(=O)N(Cc1cc2cc3c(cc2nc1N1CCOCC1)CCC3)C[C@H]1CCCO1. The summed E-state index contributed by atoms with van der Waals surface area (Å²) >= 11 is 0. The molecule has 1 aromatic heterocycles. The summed E-state index contributed by atoms with van der Waals surface area (Å²) in [6, 6.07) is 6.88. The predicted molar refractivity (Wildman–Crippen MR) is 121 cm³/mol. The van der Waals surface area contributed by atoms with Gasteiger partial charge in [0.15, 0.2) is 0 Å². The predicted octanol–water partition coefficient (Wildman–Crippen LogP) is 3.48. The van der Waals surface area contributed by atoms with Crippen LogP contribution in [0.2, 0.25) is 0 Å². The molecule has 1 aliphatic carbocycles. The lowest BCUT2D eigenvalue weighted by atomic mass is 10.0. The van der Waals surface area contributed by atoms with E-state index >= 15 is 0 Å². The van der Waals surface area contributed by atoms with Gasteiger partial charge in [-0.15, -0.1) is 0 Å². The third-order valence-corrected chi connectivity index (χ3v) is 6.86. The number of aryl methyl sites for hydroxylation is 2. The first-order valence-electron chi connectivity index (χ1n) is 11.9. The summed E-state index contributed by atoms with van der Waals surface area (Å²) in [5, 5.41) is 1.19. The highest BCUT2D eigenvalue weighted by atomic mass is 16.5. The molecule has 31 heavy (non-hydrogen) atoms. The van der Waals surface area contributed by atoms with E-state index in [1.807, 2.05) is 11.8 Å². The third kappa shape index (κ3) is 4.41. The average molecular weight is 424 g/mol. The lowest BCUT2D eigenvalue weighted by Gasteiger charge is -2.32. The van der Waals surface area contributed by atoms with E-state index in [-0.39, 0.29) is 12.0 Å². The second-order valence-corrected chi connectivity index (χ2v) is 9.00. The van der Waals surface area contributed by atoms with Crippen LogP contribution in [-0.4, -0.2) is 61.3 Å². The molecule has 2 aromatic rings. The number of aromatic nitrogens is 1. The topological polar surface area (TPSA) is 54.9 Å². The first kappa shape index (κ1) is 20.7. The van der Waals surface area contributed by atoms with Gasteiger partial charge in [0.25, 0.3) is 0 Å². The van der Waals surface area contributed by atoms with E-state index in [9.17, 15) is 4.79 Å². The van der Waals surface area contributed by atoms with Crippen molar-refractivity contribution in [3.8, 4) is 0 Å². The number of anilines is 1. The molecule has 0 radical (unpaired) electrons. The van der Waals surface area contributed by atoms with E-state index < -0.39 is 0 Å². The van der Waals surface area contributed by atoms with Crippen molar-refractivity contribution in [3.63, 3.8) is 0 Å². The van der Waals surface area contributed by atoms with Crippen LogP contribution in [0.3, 0.4) is 0 Å². The summed E-state index contributed by atoms with van der Waals surface area (Å²) in [5.41, 5.74) is 5.10. The second kappa shape index (κ2) is 9.13. The van der Waals surface area contributed by atoms with Gasteiger partial charge in [0.2, 0.25) is 5.91 Å². The molecule has 6 nitrogen and oxygen atoms in total. The van der Waals surface area contributed by atoms with Crippen molar-refractivity contribution >= 4 is 22.6 Å². The van der Waals surface area contributed by atoms with Gasteiger partial charge >= 0.3 is 0 Å². The molecule has 0 saturated carbocycles. The maximum atomic E-state index is 12.8. The number of carbonyl (C=O) groups excluding carboxylic acids is 1. The number of benzene rings is 1. The Balaban J connectivity index is 1.52. The van der Waals surface area contributed by atoms with Crippen LogP contribution in [-0.2, 0) is 33.7 Å². The summed E-state index contributed by atoms with van der Waals surface area (Å²) in [4.78, 5) is 22.3. The fourth-order valence-corrected chi connectivity index (χ4v) is 5.16. The minimum Gasteiger partial charge on any atom is -0.378 e. The van der Waals surface area contributed by atoms with E-state index in [4.69, 9.17) is 14.5 Å². The Morgan fingerprint density at radius 2 is 1.94 bits per heavy atom. The summed E-state index contributed by atoms with van der Waals surface area (Å²) in [7, 11) is 0. The molecule has 0 unspecified atom stereocenters. The van der Waals surface area contributed by atoms with Crippen molar-refractivity contribution in [2.75, 3.05) is 44.4 Å². The second-order valence-electron chi connectivity index (χ2n) is 9.00. The van der Waals surface area contributed by atoms with Crippen LogP contribution in [0, 0.1) is 0 Å². The number of morpholine rings is 1. The van der Waals surface area contributed by atoms with Gasteiger partial charge < -0.3 is 19.3 Å². The smallest absolute Gasteiger partial charge is 0.222 e. The fraction of sp³-hybridized carbons (Fsp3) is 0.600. The van der Waals surface area contributed by atoms with Crippen molar-refractivity contribution in [2.24, 2.45) is 0 Å². The van der Waals surface area contributed by atoms with E-state index in [2.05, 4.69) is 23.1 Å². The minimum absolute atomic E-state index is 0.152. The molecule has 0 bridgehead atoms. The zero-order chi connectivity index (χ0) is 21.2. The molecule has 6 heteroatoms. The minimum atomic E-state index is 0.152. The number of nitrogens with zero attached hydrogens (tertiary/aromatic N) is 3. The number of amides is 1. The van der Waals surface area contributed by atoms with Crippen LogP contribution < -0.4 is 4.90 Å². The van der Waals surface area contributed by atoms with Crippen molar-refractivity contribution < 1.29 is 14.3 Å².